The van der Waals surface area contributed by atoms with Crippen molar-refractivity contribution in [1.29, 1.82) is 0 Å². The number of imidazole rings is 3. The van der Waals surface area contributed by atoms with E-state index in [4.69, 9.17) is 33.9 Å². The van der Waals surface area contributed by atoms with E-state index in [1.54, 1.807) is 92.9 Å². The molecule has 0 saturated heterocycles. The highest BCUT2D eigenvalue weighted by molar-refractivity contribution is 5.85. The normalized spacial score (nSPS) is 11.6. The van der Waals surface area contributed by atoms with Crippen molar-refractivity contribution in [3.8, 4) is 63.9 Å². The van der Waals surface area contributed by atoms with Gasteiger partial charge in [-0.25, -0.2) is 37.7 Å². The van der Waals surface area contributed by atoms with Gasteiger partial charge in [0.2, 0.25) is 0 Å². The van der Waals surface area contributed by atoms with E-state index in [1.807, 2.05) is 67.6 Å². The Balaban J connectivity index is 0.788. The second-order valence-electron chi connectivity index (χ2n) is 16.3. The summed E-state index contributed by atoms with van der Waals surface area (Å²) in [5, 5.41) is 36.4. The predicted octanol–water partition coefficient (Wildman–Crippen LogP) is 4.24. The second-order valence-corrected chi connectivity index (χ2v) is 16.3. The lowest BCUT2D eigenvalue weighted by Gasteiger charge is -2.11. The smallest absolute Gasteiger partial charge is 0.305 e. The van der Waals surface area contributed by atoms with Crippen LogP contribution in [0.5, 0.6) is 23.8 Å². The summed E-state index contributed by atoms with van der Waals surface area (Å²) >= 11 is 0. The van der Waals surface area contributed by atoms with Crippen molar-refractivity contribution in [2.24, 2.45) is 21.1 Å². The first-order chi connectivity index (χ1) is 35.3. The summed E-state index contributed by atoms with van der Waals surface area (Å²) in [6.07, 6.45) is 6.94. The molecule has 0 aliphatic heterocycles. The number of pyridine rings is 2. The first-order valence-corrected chi connectivity index (χ1v) is 22.1. The van der Waals surface area contributed by atoms with Gasteiger partial charge >= 0.3 is 18.0 Å². The number of aromatic nitrogens is 22. The zero-order chi connectivity index (χ0) is 48.9. The van der Waals surface area contributed by atoms with Crippen LogP contribution < -0.4 is 18.9 Å². The van der Waals surface area contributed by atoms with Crippen LogP contribution >= 0.6 is 0 Å². The minimum atomic E-state index is 0.0462. The van der Waals surface area contributed by atoms with Gasteiger partial charge in [0.25, 0.3) is 17.8 Å². The fourth-order valence-corrected chi connectivity index (χ4v) is 8.14. The van der Waals surface area contributed by atoms with Crippen molar-refractivity contribution in [1.82, 2.24) is 109 Å². The van der Waals surface area contributed by atoms with Gasteiger partial charge in [-0.15, -0.1) is 0 Å². The molecule has 0 amide bonds. The third-order valence-electron chi connectivity index (χ3n) is 11.8. The fourth-order valence-electron chi connectivity index (χ4n) is 8.14. The standard InChI is InChI=1S/C46H38N22O4/c1-26-16-29(27-10-12-34-38(17-27)67(42-55-58-61-64(42)3)45(52-34)70-23-31-19-32(69-5)14-15-47-31)20-48-36(26)24-71-46-53-35-13-11-28(18-39(35)68(46)43-56-59-62-65(43)4)30-21-49-40(50-22-30)25-72-44-51-33-8-6-7-9-37(33)66(44)41-54-57-60-63(41)2/h6-22H,23-25H2,1-5H3. The number of aryl methyl sites for hydroxylation is 4. The maximum Gasteiger partial charge on any atom is 0.305 e. The number of hydrogen-bond acceptors (Lipinski definition) is 20. The van der Waals surface area contributed by atoms with Crippen molar-refractivity contribution in [2.75, 3.05) is 7.11 Å². The Labute approximate surface area is 405 Å². The minimum Gasteiger partial charge on any atom is -0.497 e. The van der Waals surface area contributed by atoms with Crippen LogP contribution in [0.3, 0.4) is 0 Å². The van der Waals surface area contributed by atoms with E-state index in [1.165, 1.54) is 0 Å². The van der Waals surface area contributed by atoms with Crippen molar-refractivity contribution in [3.63, 3.8) is 0 Å². The largest absolute Gasteiger partial charge is 0.497 e. The van der Waals surface area contributed by atoms with Crippen LogP contribution in [-0.2, 0) is 41.0 Å². The Morgan fingerprint density at radius 2 is 1.01 bits per heavy atom. The summed E-state index contributed by atoms with van der Waals surface area (Å²) in [6, 6.07) is 25.8. The number of para-hydroxylation sites is 2. The number of tetrazole rings is 3. The van der Waals surface area contributed by atoms with E-state index >= 15 is 0 Å². The molecule has 0 fully saturated rings. The fraction of sp³-hybridized carbons (Fsp3) is 0.174. The molecule has 9 heterocycles. The molecule has 12 aromatic rings. The highest BCUT2D eigenvalue weighted by Crippen LogP contribution is 2.33. The van der Waals surface area contributed by atoms with Gasteiger partial charge in [0.15, 0.2) is 12.4 Å². The molecule has 0 saturated carbocycles. The second kappa shape index (κ2) is 17.7. The van der Waals surface area contributed by atoms with E-state index in [0.29, 0.717) is 69.4 Å². The molecular weight excluding hydrogens is 925 g/mol. The zero-order valence-electron chi connectivity index (χ0n) is 38.9. The first-order valence-electron chi connectivity index (χ1n) is 22.1. The van der Waals surface area contributed by atoms with Crippen LogP contribution in [0.15, 0.2) is 104 Å². The van der Waals surface area contributed by atoms with Crippen LogP contribution in [0.1, 0.15) is 22.8 Å². The summed E-state index contributed by atoms with van der Waals surface area (Å²) in [7, 11) is 6.84. The Morgan fingerprint density at radius 3 is 1.58 bits per heavy atom. The molecule has 0 unspecified atom stereocenters. The SMILES string of the molecule is COc1ccnc(COc2nc3ccc(-c4cnc(COc5nc6ccc(-c7cnc(COc8nc9ccccc9n8-c8nnnn8C)nc7)cc6n5-c5nnnn5C)c(C)c4)cc3n2-c2nnnn2C)c1. The molecule has 0 atom stereocenters. The summed E-state index contributed by atoms with van der Waals surface area (Å²) in [5.41, 5.74) is 9.89. The molecule has 0 spiro atoms. The molecule has 0 aliphatic rings. The van der Waals surface area contributed by atoms with Gasteiger partial charge in [-0.3, -0.25) is 9.97 Å². The number of benzene rings is 3. The molecule has 3 aromatic carbocycles. The molecule has 26 heteroatoms. The third kappa shape index (κ3) is 7.82. The molecule has 356 valence electrons. The highest BCUT2D eigenvalue weighted by atomic mass is 16.5. The molecule has 0 bridgehead atoms. The summed E-state index contributed by atoms with van der Waals surface area (Å²) in [6.45, 7) is 2.27. The van der Waals surface area contributed by atoms with Crippen molar-refractivity contribution in [2.45, 2.75) is 26.7 Å². The molecule has 0 radical (unpaired) electrons. The van der Waals surface area contributed by atoms with Crippen molar-refractivity contribution < 1.29 is 18.9 Å². The Hall–Kier alpha value is -10.1. The third-order valence-corrected chi connectivity index (χ3v) is 11.8. The van der Waals surface area contributed by atoms with Crippen LogP contribution in [-0.4, -0.2) is 116 Å². The van der Waals surface area contributed by atoms with E-state index in [-0.39, 0.29) is 25.8 Å². The Kier molecular flexibility index (Phi) is 10.6. The minimum absolute atomic E-state index is 0.0462. The van der Waals surface area contributed by atoms with Gasteiger partial charge in [0.05, 0.1) is 51.6 Å². The van der Waals surface area contributed by atoms with Gasteiger partial charge in [0.1, 0.15) is 19.0 Å². The average Bonchev–Trinajstić information content (AvgIpc) is 4.29. The Morgan fingerprint density at radius 1 is 0.486 bits per heavy atom. The molecular formula is C46H38N22O4. The van der Waals surface area contributed by atoms with Crippen molar-refractivity contribution >= 4 is 33.1 Å². The van der Waals surface area contributed by atoms with E-state index < -0.39 is 0 Å². The first kappa shape index (κ1) is 43.2. The quantitative estimate of drug-likeness (QED) is 0.139. The molecule has 0 aliphatic carbocycles. The predicted molar refractivity (Wildman–Crippen MR) is 253 cm³/mol. The van der Waals surface area contributed by atoms with E-state index in [9.17, 15) is 0 Å². The number of methoxy groups -OCH3 is 1. The average molecular weight is 963 g/mol. The molecule has 72 heavy (non-hydrogen) atoms. The van der Waals surface area contributed by atoms with Gasteiger partial charge in [-0.1, -0.05) is 39.6 Å². The molecule has 0 N–H and O–H groups in total. The monoisotopic (exact) mass is 962 g/mol. The molecule has 9 aromatic heterocycles. The summed E-state index contributed by atoms with van der Waals surface area (Å²) in [4.78, 5) is 32.8. The van der Waals surface area contributed by atoms with Crippen LogP contribution in [0.4, 0.5) is 0 Å². The number of fused-ring (bicyclic) bond motifs is 3. The number of ether oxygens (including phenoxy) is 4. The maximum atomic E-state index is 6.46. The topological polar surface area (TPSA) is 273 Å². The van der Waals surface area contributed by atoms with Gasteiger partial charge in [-0.05, 0) is 103 Å². The maximum absolute atomic E-state index is 6.46. The van der Waals surface area contributed by atoms with Gasteiger partial charge in [-0.2, -0.15) is 15.0 Å². The lowest BCUT2D eigenvalue weighted by atomic mass is 10.0. The van der Waals surface area contributed by atoms with Gasteiger partial charge < -0.3 is 18.9 Å². The lowest BCUT2D eigenvalue weighted by molar-refractivity contribution is 0.267. The Bertz CT molecular complexity index is 3960. The molecule has 26 nitrogen and oxygen atoms in total. The molecule has 12 rings (SSSR count). The lowest BCUT2D eigenvalue weighted by Crippen LogP contribution is -2.09. The van der Waals surface area contributed by atoms with Crippen LogP contribution in [0.2, 0.25) is 0 Å². The number of nitrogens with zero attached hydrogens (tertiary/aromatic N) is 22. The summed E-state index contributed by atoms with van der Waals surface area (Å²) < 4.78 is 34.1. The van der Waals surface area contributed by atoms with Crippen molar-refractivity contribution in [3.05, 3.63) is 126 Å². The van der Waals surface area contributed by atoms with Crippen LogP contribution in [0.25, 0.3) is 73.2 Å². The zero-order valence-corrected chi connectivity index (χ0v) is 38.9. The number of rotatable bonds is 15. The van der Waals surface area contributed by atoms with Gasteiger partial charge in [0, 0.05) is 63.1 Å². The van der Waals surface area contributed by atoms with E-state index in [2.05, 4.69) is 72.6 Å². The number of hydrogen-bond donors (Lipinski definition) is 0. The summed E-state index contributed by atoms with van der Waals surface area (Å²) in [5.74, 6) is 2.38. The highest BCUT2D eigenvalue weighted by Gasteiger charge is 2.23. The van der Waals surface area contributed by atoms with Crippen LogP contribution in [0, 0.1) is 6.92 Å². The van der Waals surface area contributed by atoms with E-state index in [0.717, 1.165) is 44.4 Å².